The van der Waals surface area contributed by atoms with Crippen molar-refractivity contribution in [2.75, 3.05) is 19.3 Å². The van der Waals surface area contributed by atoms with Gasteiger partial charge < -0.3 is 10.4 Å². The van der Waals surface area contributed by atoms with Gasteiger partial charge in [-0.1, -0.05) is 46.7 Å². The second kappa shape index (κ2) is 32.4. The first-order chi connectivity index (χ1) is 44.8. The minimum atomic E-state index is -1.51. The molecule has 0 aromatic rings. The van der Waals surface area contributed by atoms with Crippen molar-refractivity contribution in [3.63, 3.8) is 0 Å². The summed E-state index contributed by atoms with van der Waals surface area (Å²) in [4.78, 5) is 223. The number of likely N-dealkylation sites (N-methyl/N-ethyl adjacent to an activating group) is 1. The minimum absolute atomic E-state index is 0.0440. The molecule has 5 unspecified atom stereocenters. The molecular formula is C74H114N4O21S. The van der Waals surface area contributed by atoms with Gasteiger partial charge in [-0.05, 0) is 197 Å². The summed E-state index contributed by atoms with van der Waals surface area (Å²) in [5.41, 5.74) is -12.4. The first-order valence-electron chi connectivity index (χ1n) is 34.2. The van der Waals surface area contributed by atoms with Gasteiger partial charge in [-0.25, -0.2) is 0 Å². The van der Waals surface area contributed by atoms with Crippen LogP contribution in [-0.4, -0.2) is 173 Å². The van der Waals surface area contributed by atoms with Crippen LogP contribution in [0.15, 0.2) is 5.16 Å². The minimum Gasteiger partial charge on any atom is -0.411 e. The lowest BCUT2D eigenvalue weighted by Gasteiger charge is -2.44. The van der Waals surface area contributed by atoms with Gasteiger partial charge in [0, 0.05) is 35.3 Å². The van der Waals surface area contributed by atoms with Crippen LogP contribution in [0.3, 0.4) is 0 Å². The lowest BCUT2D eigenvalue weighted by molar-refractivity contribution is -0.481. The molecule has 0 spiro atoms. The van der Waals surface area contributed by atoms with Gasteiger partial charge in [0.15, 0.2) is 104 Å². The lowest BCUT2D eigenvalue weighted by atomic mass is 9.57. The Balaban J connectivity index is 0.000000626. The van der Waals surface area contributed by atoms with Gasteiger partial charge in [0.05, 0.1) is 59.9 Å². The number of hydrogen-bond acceptors (Lipinski definition) is 25. The molecule has 5 fully saturated rings. The predicted octanol–water partition coefficient (Wildman–Crippen LogP) is 8.88. The molecule has 0 heterocycles. The first kappa shape index (κ1) is 91.5. The summed E-state index contributed by atoms with van der Waals surface area (Å²) in [5.74, 6) is -12.9. The van der Waals surface area contributed by atoms with E-state index in [0.717, 1.165) is 11.5 Å². The van der Waals surface area contributed by atoms with Crippen LogP contribution in [0.4, 0.5) is 0 Å². The number of rotatable bonds is 18. The smallest absolute Gasteiger partial charge is 0.204 e. The van der Waals surface area contributed by atoms with Gasteiger partial charge in [-0.2, -0.15) is 17.7 Å². The molecule has 25 nitrogen and oxygen atoms in total. The zero-order valence-electron chi connectivity index (χ0n) is 64.6. The Kier molecular flexibility index (Phi) is 29.7. The fourth-order valence-electron chi connectivity index (χ4n) is 13.5. The van der Waals surface area contributed by atoms with Gasteiger partial charge in [-0.3, -0.25) is 96.5 Å². The number of carbonyl (C=O) groups is 17. The number of Topliss-reactive ketones (excluding diaryl/α,β-unsaturated/α-hetero) is 17. The third kappa shape index (κ3) is 17.1. The molecule has 26 heteroatoms. The van der Waals surface area contributed by atoms with Crippen LogP contribution in [0.25, 0.3) is 0 Å². The van der Waals surface area contributed by atoms with Gasteiger partial charge >= 0.3 is 0 Å². The largest absolute Gasteiger partial charge is 0.411 e. The Labute approximate surface area is 595 Å². The molecule has 5 saturated carbocycles. The van der Waals surface area contributed by atoms with E-state index in [1.807, 2.05) is 27.7 Å². The van der Waals surface area contributed by atoms with Crippen LogP contribution in [-0.2, 0) is 81.5 Å². The lowest BCUT2D eigenvalue weighted by Crippen LogP contribution is -2.65. The highest BCUT2D eigenvalue weighted by atomic mass is 32.1. The van der Waals surface area contributed by atoms with Crippen molar-refractivity contribution in [3.05, 3.63) is 10.1 Å². The fraction of sp³-hybridized carbons (Fsp3) is 0.757. The van der Waals surface area contributed by atoms with Crippen LogP contribution in [0.1, 0.15) is 226 Å². The molecular weight excluding hydrogens is 1310 g/mol. The molecule has 100 heavy (non-hydrogen) atoms. The summed E-state index contributed by atoms with van der Waals surface area (Å²) in [7, 11) is 1.79. The first-order valence-corrected chi connectivity index (χ1v) is 34.9. The summed E-state index contributed by atoms with van der Waals surface area (Å²) in [6.45, 7) is 44.3. The van der Waals surface area contributed by atoms with E-state index in [0.29, 0.717) is 25.0 Å². The van der Waals surface area contributed by atoms with Crippen molar-refractivity contribution < 1.29 is 96.8 Å². The van der Waals surface area contributed by atoms with Gasteiger partial charge in [-0.15, -0.1) is 0 Å². The number of oxime groups is 1. The molecule has 0 aromatic carbocycles. The van der Waals surface area contributed by atoms with E-state index in [4.69, 9.17) is 0 Å². The van der Waals surface area contributed by atoms with E-state index in [9.17, 15) is 102 Å². The van der Waals surface area contributed by atoms with Crippen molar-refractivity contribution in [3.8, 4) is 0 Å². The molecule has 0 bridgehead atoms. The van der Waals surface area contributed by atoms with E-state index in [1.165, 1.54) is 118 Å². The highest BCUT2D eigenvalue weighted by molar-refractivity contribution is 7.80. The van der Waals surface area contributed by atoms with E-state index in [1.54, 1.807) is 60.4 Å². The number of carbonyl (C=O) groups excluding carboxylic acids is 17. The maximum atomic E-state index is 12.5. The highest BCUT2D eigenvalue weighted by Crippen LogP contribution is 2.47. The Morgan fingerprint density at radius 1 is 0.420 bits per heavy atom. The molecule has 0 radical (unpaired) electrons. The molecule has 0 aromatic heterocycles. The highest BCUT2D eigenvalue weighted by Gasteiger charge is 2.65. The van der Waals surface area contributed by atoms with E-state index in [2.05, 4.69) is 17.8 Å². The predicted molar refractivity (Wildman–Crippen MR) is 374 cm³/mol. The third-order valence-electron chi connectivity index (χ3n) is 21.8. The van der Waals surface area contributed by atoms with Crippen LogP contribution < -0.4 is 0 Å². The third-order valence-corrected chi connectivity index (χ3v) is 22.0. The van der Waals surface area contributed by atoms with Gasteiger partial charge in [0.2, 0.25) is 6.54 Å². The van der Waals surface area contributed by atoms with Crippen LogP contribution >= 0.6 is 12.6 Å². The Bertz CT molecular complexity index is 3160. The molecule has 0 aliphatic heterocycles. The number of nitro groups is 1. The topological polar surface area (TPSA) is 393 Å². The number of nitrogens with zero attached hydrogens (tertiary/aromatic N) is 4. The van der Waals surface area contributed by atoms with Crippen LogP contribution in [0.5, 0.6) is 0 Å². The zero-order valence-corrected chi connectivity index (χ0v) is 65.5. The average Bonchev–Trinajstić information content (AvgIpc) is 0.771. The Morgan fingerprint density at radius 2 is 0.660 bits per heavy atom. The monoisotopic (exact) mass is 1430 g/mol. The maximum Gasteiger partial charge on any atom is 0.204 e. The van der Waals surface area contributed by atoms with E-state index < -0.39 is 171 Å². The van der Waals surface area contributed by atoms with E-state index in [-0.39, 0.29) is 64.8 Å². The molecule has 5 atom stereocenters. The quantitative estimate of drug-likeness (QED) is 0.0288. The molecule has 5 rings (SSSR count). The molecule has 5 aliphatic carbocycles. The second-order valence-corrected chi connectivity index (χ2v) is 33.4. The van der Waals surface area contributed by atoms with Crippen molar-refractivity contribution in [1.82, 2.24) is 9.96 Å². The summed E-state index contributed by atoms with van der Waals surface area (Å²) in [6, 6.07) is -2.26. The van der Waals surface area contributed by atoms with Crippen molar-refractivity contribution in [2.24, 2.45) is 94.8 Å². The SMILES string of the molecule is CC(CCS)C(=O)C1C(=O)C(C)(C)C(=O)C(C)(C)C1=O.CC(CC[N+](=O)[O-])C(=O)C1C(=O)C(C)(C)C(=O)C(C)(C)C1=O.CCC(C)/C(=N\O)C1C(=O)C(C)(C)C(=O)C(C)(C)C1=O.CCC(C)N(C)C1C(=O)C(C)(C)C(=O)C(C)(C)C1=O.CCC(C)N(O)C1C(=O)C(C)(C)C(=O)C(C)(C)C1=O. The van der Waals surface area contributed by atoms with Crippen LogP contribution in [0, 0.1) is 99.8 Å². The van der Waals surface area contributed by atoms with E-state index >= 15 is 0 Å². The summed E-state index contributed by atoms with van der Waals surface area (Å²) in [5, 5.41) is 33.7. The molecule has 5 aliphatic rings. The number of ketones is 17. The zero-order chi connectivity index (χ0) is 79.6. The second-order valence-electron chi connectivity index (χ2n) is 33.0. The molecule has 2 N–H and O–H groups in total. The van der Waals surface area contributed by atoms with Crippen molar-refractivity contribution in [2.45, 2.75) is 250 Å². The summed E-state index contributed by atoms with van der Waals surface area (Å²) in [6.07, 6.45) is 2.56. The Morgan fingerprint density at radius 3 is 0.890 bits per heavy atom. The summed E-state index contributed by atoms with van der Waals surface area (Å²) < 4.78 is 0. The maximum absolute atomic E-state index is 12.5. The molecule has 0 amide bonds. The van der Waals surface area contributed by atoms with Crippen LogP contribution in [0.2, 0.25) is 0 Å². The van der Waals surface area contributed by atoms with Gasteiger partial charge in [0.25, 0.3) is 0 Å². The normalized spacial score (nSPS) is 24.2. The van der Waals surface area contributed by atoms with Crippen molar-refractivity contribution in [1.29, 1.82) is 0 Å². The van der Waals surface area contributed by atoms with Crippen molar-refractivity contribution >= 4 is 117 Å². The molecule has 0 saturated heterocycles. The number of hydroxylamine groups is 2. The fourth-order valence-corrected chi connectivity index (χ4v) is 13.9. The van der Waals surface area contributed by atoms with Gasteiger partial charge in [0.1, 0.15) is 23.8 Å². The average molecular weight is 1430 g/mol. The summed E-state index contributed by atoms with van der Waals surface area (Å²) >= 11 is 4.07. The number of hydrogen-bond donors (Lipinski definition) is 3. The molecule has 562 valence electrons. The Hall–Kier alpha value is -6.51. The number of thiol groups is 1. The standard InChI is InChI=1S/C15H21NO6.C15H23NO4.C15H25NO3.C15H22O4S.C14H23NO4/c1-8(6-7-16(21)22)10(17)9-11(18)14(2,3)13(20)15(4,5)12(9)19;1-7-8(2)10(16-20)9-11(17)14(3,4)13(19)15(5,6)12(9)18;1-8-9(2)16(7)10-11(17)14(3,4)13(19)15(5,6)12(10)18;1-8(6-7-20)10(16)9-11(17)14(2,3)13(19)15(4,5)12(9)18;1-7-8(2)15(19)9-10(16)13(3,4)12(18)14(5,6)11(9)17/h8-9H,6-7H2,1-5H3;8-9,20H,7H2,1-6H3;9-10H,8H2,1-7H3;8-9,20H,6-7H2,1-5H3;8-9,19H,7H2,1-6H3/b;16-10+;;;.